The third-order valence-corrected chi connectivity index (χ3v) is 3.44. The van der Waals surface area contributed by atoms with Crippen molar-refractivity contribution in [2.24, 2.45) is 11.1 Å². The fourth-order valence-corrected chi connectivity index (χ4v) is 2.05. The van der Waals surface area contributed by atoms with E-state index in [4.69, 9.17) is 10.8 Å². The molecule has 0 bridgehead atoms. The van der Waals surface area contributed by atoms with Crippen LogP contribution in [0.15, 0.2) is 23.0 Å². The molecular weight excluding hydrogens is 302 g/mol. The number of aliphatic carboxylic acids is 1. The molecule has 1 rings (SSSR count). The summed E-state index contributed by atoms with van der Waals surface area (Å²) in [5.74, 6) is -2.76. The van der Waals surface area contributed by atoms with Gasteiger partial charge in [-0.2, -0.15) is 0 Å². The van der Waals surface area contributed by atoms with E-state index in [1.807, 2.05) is 0 Å². The molecule has 0 aliphatic carbocycles. The summed E-state index contributed by atoms with van der Waals surface area (Å²) < 4.78 is 1.43. The van der Waals surface area contributed by atoms with Gasteiger partial charge in [0.15, 0.2) is 0 Å². The van der Waals surface area contributed by atoms with Gasteiger partial charge in [-0.25, -0.2) is 4.79 Å². The van der Waals surface area contributed by atoms with E-state index in [1.54, 1.807) is 32.9 Å². The van der Waals surface area contributed by atoms with Crippen molar-refractivity contribution in [3.8, 4) is 0 Å². The molecule has 1 aromatic heterocycles. The maximum absolute atomic E-state index is 12.3. The Morgan fingerprint density at radius 1 is 1.35 bits per heavy atom. The van der Waals surface area contributed by atoms with E-state index in [0.717, 1.165) is 0 Å². The largest absolute Gasteiger partial charge is 0.480 e. The van der Waals surface area contributed by atoms with Crippen LogP contribution in [0.4, 0.5) is 0 Å². The Labute approximate surface area is 133 Å². The molecule has 0 aliphatic heterocycles. The molecule has 0 saturated heterocycles. The monoisotopic (exact) mass is 323 g/mol. The van der Waals surface area contributed by atoms with Crippen molar-refractivity contribution in [2.45, 2.75) is 39.8 Å². The van der Waals surface area contributed by atoms with Crippen LogP contribution >= 0.6 is 0 Å². The predicted octanol–water partition coefficient (Wildman–Crippen LogP) is -0.372. The summed E-state index contributed by atoms with van der Waals surface area (Å²) in [6.45, 7) is 4.99. The Bertz CT molecular complexity index is 678. The number of carbonyl (C=O) groups is 3. The summed E-state index contributed by atoms with van der Waals surface area (Å²) >= 11 is 0. The molecule has 1 atom stereocenters. The van der Waals surface area contributed by atoms with Gasteiger partial charge < -0.3 is 20.7 Å². The summed E-state index contributed by atoms with van der Waals surface area (Å²) in [6.07, 6.45) is -0.499. The van der Waals surface area contributed by atoms with Crippen LogP contribution < -0.4 is 16.6 Å². The van der Waals surface area contributed by atoms with E-state index in [0.29, 0.717) is 5.69 Å². The topological polar surface area (TPSA) is 131 Å². The highest BCUT2D eigenvalue weighted by Crippen LogP contribution is 2.19. The van der Waals surface area contributed by atoms with Crippen molar-refractivity contribution in [1.82, 2.24) is 9.88 Å². The van der Waals surface area contributed by atoms with Crippen molar-refractivity contribution in [2.75, 3.05) is 0 Å². The first-order valence-electron chi connectivity index (χ1n) is 7.03. The number of nitrogens with two attached hydrogens (primary N) is 1. The Morgan fingerprint density at radius 3 is 2.43 bits per heavy atom. The average molecular weight is 323 g/mol. The van der Waals surface area contributed by atoms with E-state index in [2.05, 4.69) is 5.32 Å². The second-order valence-corrected chi connectivity index (χ2v) is 6.01. The molecular formula is C15H21N3O5. The first-order valence-corrected chi connectivity index (χ1v) is 7.03. The third kappa shape index (κ3) is 4.94. The number of hydrogen-bond donors (Lipinski definition) is 3. The molecule has 23 heavy (non-hydrogen) atoms. The number of carboxylic acids is 1. The van der Waals surface area contributed by atoms with E-state index < -0.39 is 35.7 Å². The fraction of sp³-hybridized carbons (Fsp3) is 0.467. The van der Waals surface area contributed by atoms with Crippen LogP contribution in [0.1, 0.15) is 26.0 Å². The lowest BCUT2D eigenvalue weighted by Gasteiger charge is -2.27. The third-order valence-electron chi connectivity index (χ3n) is 3.44. The Balaban J connectivity index is 2.94. The van der Waals surface area contributed by atoms with Crippen LogP contribution in [0.25, 0.3) is 0 Å². The smallest absolute Gasteiger partial charge is 0.326 e. The van der Waals surface area contributed by atoms with E-state index >= 15 is 0 Å². The quantitative estimate of drug-likeness (QED) is 0.630. The molecule has 0 fully saturated rings. The van der Waals surface area contributed by atoms with Gasteiger partial charge in [0.1, 0.15) is 6.04 Å². The molecule has 1 heterocycles. The molecule has 8 heteroatoms. The molecule has 1 aromatic rings. The van der Waals surface area contributed by atoms with Crippen molar-refractivity contribution in [3.05, 3.63) is 34.2 Å². The minimum Gasteiger partial charge on any atom is -0.480 e. The molecule has 2 amide bonds. The zero-order valence-electron chi connectivity index (χ0n) is 13.3. The zero-order valence-corrected chi connectivity index (χ0v) is 13.3. The summed E-state index contributed by atoms with van der Waals surface area (Å²) in [7, 11) is 0. The highest BCUT2D eigenvalue weighted by atomic mass is 16.4. The number of pyridine rings is 1. The van der Waals surface area contributed by atoms with Crippen LogP contribution in [0.3, 0.4) is 0 Å². The summed E-state index contributed by atoms with van der Waals surface area (Å²) in [5, 5.41) is 11.3. The Morgan fingerprint density at radius 2 is 1.96 bits per heavy atom. The van der Waals surface area contributed by atoms with E-state index in [1.165, 1.54) is 10.6 Å². The van der Waals surface area contributed by atoms with Gasteiger partial charge in [0.2, 0.25) is 11.8 Å². The minimum absolute atomic E-state index is 0.0766. The van der Waals surface area contributed by atoms with Crippen molar-refractivity contribution in [3.63, 3.8) is 0 Å². The van der Waals surface area contributed by atoms with Crippen LogP contribution in [-0.2, 0) is 20.9 Å². The van der Waals surface area contributed by atoms with Gasteiger partial charge in [0.25, 0.3) is 5.56 Å². The number of nitrogens with one attached hydrogen (secondary N) is 1. The number of aryl methyl sites for hydroxylation is 1. The molecule has 4 N–H and O–H groups in total. The van der Waals surface area contributed by atoms with E-state index in [9.17, 15) is 19.2 Å². The number of carboxylic acid groups (broad SMARTS) is 1. The molecule has 0 aliphatic rings. The van der Waals surface area contributed by atoms with Gasteiger partial charge >= 0.3 is 5.97 Å². The lowest BCUT2D eigenvalue weighted by molar-refractivity contribution is -0.145. The molecule has 1 unspecified atom stereocenters. The number of primary amides is 1. The Kier molecular flexibility index (Phi) is 5.67. The number of aromatic nitrogens is 1. The predicted molar refractivity (Wildman–Crippen MR) is 82.6 cm³/mol. The second-order valence-electron chi connectivity index (χ2n) is 6.01. The SMILES string of the molecule is Cc1cccc(=O)n1CC(C)(C)C(=O)NC(CC(N)=O)C(=O)O. The summed E-state index contributed by atoms with van der Waals surface area (Å²) in [4.78, 5) is 46.2. The second kappa shape index (κ2) is 7.08. The highest BCUT2D eigenvalue weighted by molar-refractivity contribution is 5.90. The molecule has 0 saturated carbocycles. The Hall–Kier alpha value is -2.64. The van der Waals surface area contributed by atoms with Crippen molar-refractivity contribution >= 4 is 17.8 Å². The standard InChI is InChI=1S/C15H21N3O5/c1-9-5-4-6-12(20)18(9)8-15(2,3)14(23)17-10(13(21)22)7-11(16)19/h4-6,10H,7-8H2,1-3H3,(H2,16,19)(H,17,23)(H,21,22). The highest BCUT2D eigenvalue weighted by Gasteiger charge is 2.33. The molecule has 0 spiro atoms. The summed E-state index contributed by atoms with van der Waals surface area (Å²) in [6, 6.07) is 3.35. The van der Waals surface area contributed by atoms with Gasteiger partial charge in [0.05, 0.1) is 11.8 Å². The average Bonchev–Trinajstić information content (AvgIpc) is 2.41. The van der Waals surface area contributed by atoms with Crippen molar-refractivity contribution < 1.29 is 19.5 Å². The maximum Gasteiger partial charge on any atom is 0.326 e. The molecule has 0 radical (unpaired) electrons. The number of hydrogen-bond acceptors (Lipinski definition) is 4. The fourth-order valence-electron chi connectivity index (χ4n) is 2.05. The lowest BCUT2D eigenvalue weighted by atomic mass is 9.91. The van der Waals surface area contributed by atoms with Crippen LogP contribution in [-0.4, -0.2) is 33.5 Å². The zero-order chi connectivity index (χ0) is 17.8. The van der Waals surface area contributed by atoms with Crippen LogP contribution in [0, 0.1) is 12.3 Å². The minimum atomic E-state index is -1.40. The van der Waals surface area contributed by atoms with Gasteiger partial charge in [-0.1, -0.05) is 6.07 Å². The van der Waals surface area contributed by atoms with Crippen LogP contribution in [0.2, 0.25) is 0 Å². The van der Waals surface area contributed by atoms with E-state index in [-0.39, 0.29) is 12.1 Å². The number of nitrogens with zero attached hydrogens (tertiary/aromatic N) is 1. The maximum atomic E-state index is 12.3. The van der Waals surface area contributed by atoms with Crippen molar-refractivity contribution in [1.29, 1.82) is 0 Å². The number of amides is 2. The first-order chi connectivity index (χ1) is 10.5. The first kappa shape index (κ1) is 18.4. The normalized spacial score (nSPS) is 12.5. The molecule has 8 nitrogen and oxygen atoms in total. The molecule has 126 valence electrons. The van der Waals surface area contributed by atoms with Gasteiger partial charge in [-0.05, 0) is 26.8 Å². The van der Waals surface area contributed by atoms with Crippen LogP contribution in [0.5, 0.6) is 0 Å². The van der Waals surface area contributed by atoms with Gasteiger partial charge in [-0.15, -0.1) is 0 Å². The number of rotatable bonds is 7. The number of carbonyl (C=O) groups excluding carboxylic acids is 2. The van der Waals surface area contributed by atoms with Gasteiger partial charge in [0, 0.05) is 18.3 Å². The summed E-state index contributed by atoms with van der Waals surface area (Å²) in [5.41, 5.74) is 4.36. The lowest BCUT2D eigenvalue weighted by Crippen LogP contribution is -2.49. The molecule has 0 aromatic carbocycles. The van der Waals surface area contributed by atoms with Gasteiger partial charge in [-0.3, -0.25) is 14.4 Å².